The first-order chi connectivity index (χ1) is 17.8. The highest BCUT2D eigenvalue weighted by atomic mass is 35.6. The van der Waals surface area contributed by atoms with Crippen LogP contribution in [0.2, 0.25) is 5.02 Å². The van der Waals surface area contributed by atoms with Crippen molar-refractivity contribution in [2.24, 2.45) is 0 Å². The Morgan fingerprint density at radius 2 is 1.39 bits per heavy atom. The second kappa shape index (κ2) is 11.8. The molecule has 2 aromatic rings. The number of rotatable bonds is 4. The van der Waals surface area contributed by atoms with E-state index in [2.05, 4.69) is 0 Å². The number of halogens is 7. The van der Waals surface area contributed by atoms with Gasteiger partial charge in [-0.15, -0.1) is 0 Å². The number of hydrogen-bond donors (Lipinski definition) is 0. The lowest BCUT2D eigenvalue weighted by atomic mass is 10.0. The van der Waals surface area contributed by atoms with Crippen LogP contribution in [0, 0.1) is 0 Å². The molecule has 2 heterocycles. The largest absolute Gasteiger partial charge is 0.445 e. The zero-order chi connectivity index (χ0) is 27.7. The highest BCUT2D eigenvalue weighted by Crippen LogP contribution is 2.40. The first-order valence-electron chi connectivity index (χ1n) is 10.9. The third-order valence-electron chi connectivity index (χ3n) is 5.40. The van der Waals surface area contributed by atoms with Crippen LogP contribution in [0.25, 0.3) is 5.70 Å². The van der Waals surface area contributed by atoms with E-state index in [9.17, 15) is 9.59 Å². The van der Waals surface area contributed by atoms with Crippen LogP contribution in [0.5, 0.6) is 0 Å². The van der Waals surface area contributed by atoms with E-state index in [1.54, 1.807) is 35.2 Å². The maximum absolute atomic E-state index is 13.4. The molecule has 38 heavy (non-hydrogen) atoms. The lowest BCUT2D eigenvalue weighted by molar-refractivity contribution is 0.0251. The van der Waals surface area contributed by atoms with Gasteiger partial charge in [0.1, 0.15) is 13.2 Å². The van der Waals surface area contributed by atoms with Gasteiger partial charge in [0.2, 0.25) is 7.59 Å². The molecule has 2 amide bonds. The van der Waals surface area contributed by atoms with Crippen molar-refractivity contribution < 1.29 is 19.1 Å². The van der Waals surface area contributed by atoms with E-state index < -0.39 is 45.3 Å². The Morgan fingerprint density at radius 3 is 1.97 bits per heavy atom. The van der Waals surface area contributed by atoms with E-state index in [4.69, 9.17) is 90.7 Å². The molecule has 0 spiro atoms. The van der Waals surface area contributed by atoms with Crippen molar-refractivity contribution in [2.75, 3.05) is 18.1 Å². The molecule has 0 aliphatic carbocycles. The smallest absolute Gasteiger partial charge is 0.417 e. The predicted molar refractivity (Wildman–Crippen MR) is 152 cm³/mol. The summed E-state index contributed by atoms with van der Waals surface area (Å²) in [6, 6.07) is 15.6. The Morgan fingerprint density at radius 1 is 0.816 bits per heavy atom. The number of carbonyl (C=O) groups excluding carboxylic acids is 2. The lowest BCUT2D eigenvalue weighted by Gasteiger charge is -2.52. The molecule has 0 N–H and O–H groups in total. The van der Waals surface area contributed by atoms with Gasteiger partial charge in [-0.05, 0) is 42.0 Å². The van der Waals surface area contributed by atoms with Gasteiger partial charge in [-0.2, -0.15) is 0 Å². The van der Waals surface area contributed by atoms with Crippen molar-refractivity contribution in [1.82, 2.24) is 9.80 Å². The van der Waals surface area contributed by atoms with Gasteiger partial charge in [0.25, 0.3) is 0 Å². The molecule has 14 heteroatoms. The second-order valence-electron chi connectivity index (χ2n) is 8.10. The Hall–Kier alpha value is -1.71. The van der Waals surface area contributed by atoms with Crippen molar-refractivity contribution in [2.45, 2.75) is 19.9 Å². The van der Waals surface area contributed by atoms with Gasteiger partial charge < -0.3 is 14.4 Å². The standard InChI is InChI=1S/C24H18Cl7N3O4/c25-16-6-8-17(9-7-16)33-19(15-4-2-1-3-5-15)12-18-10-11-32(21(35)37-13-23(26,27)28)20(33)34(18)22(36)38-14-24(29,30)31/h1-12,18,20H,13-14H2/t18-,20+/m1/s1. The first kappa shape index (κ1) is 29.3. The summed E-state index contributed by atoms with van der Waals surface area (Å²) >= 11 is 40.9. The van der Waals surface area contributed by atoms with Gasteiger partial charge in [-0.25, -0.2) is 14.5 Å². The molecule has 2 aliphatic rings. The van der Waals surface area contributed by atoms with Crippen LogP contribution in [0.15, 0.2) is 72.9 Å². The zero-order valence-electron chi connectivity index (χ0n) is 19.1. The van der Waals surface area contributed by atoms with Crippen LogP contribution in [-0.4, -0.2) is 55.1 Å². The van der Waals surface area contributed by atoms with Crippen molar-refractivity contribution in [3.8, 4) is 0 Å². The van der Waals surface area contributed by atoms with Crippen LogP contribution in [-0.2, 0) is 9.47 Å². The van der Waals surface area contributed by atoms with Crippen LogP contribution in [0.4, 0.5) is 15.3 Å². The molecule has 202 valence electrons. The number of nitrogens with zero attached hydrogens (tertiary/aromatic N) is 3. The first-order valence-corrected chi connectivity index (χ1v) is 13.5. The summed E-state index contributed by atoms with van der Waals surface area (Å²) in [5.74, 6) is 0. The van der Waals surface area contributed by atoms with E-state index in [0.717, 1.165) is 5.56 Å². The van der Waals surface area contributed by atoms with Gasteiger partial charge in [0, 0.05) is 16.9 Å². The van der Waals surface area contributed by atoms with Crippen LogP contribution in [0.1, 0.15) is 5.56 Å². The van der Waals surface area contributed by atoms with E-state index in [1.165, 1.54) is 16.0 Å². The SMILES string of the molecule is O=C(OCC(Cl)(Cl)Cl)N1C=C[C@@H]2C=C(c3ccccc3)N(c3ccc(Cl)cc3)[C@H]1N2C(=O)OCC(Cl)(Cl)Cl. The molecule has 0 unspecified atom stereocenters. The fourth-order valence-corrected chi connectivity index (χ4v) is 4.37. The summed E-state index contributed by atoms with van der Waals surface area (Å²) < 4.78 is 6.87. The van der Waals surface area contributed by atoms with E-state index >= 15 is 0 Å². The molecule has 0 fully saturated rings. The van der Waals surface area contributed by atoms with E-state index in [-0.39, 0.29) is 0 Å². The topological polar surface area (TPSA) is 62.3 Å². The summed E-state index contributed by atoms with van der Waals surface area (Å²) in [7, 11) is 0. The Balaban J connectivity index is 1.83. The summed E-state index contributed by atoms with van der Waals surface area (Å²) in [5, 5.41) is 0.496. The van der Waals surface area contributed by atoms with Crippen LogP contribution in [0.3, 0.4) is 0 Å². The third-order valence-corrected chi connectivity index (χ3v) is 6.30. The number of benzene rings is 2. The number of fused-ring (bicyclic) bond motifs is 2. The Bertz CT molecular complexity index is 1230. The summed E-state index contributed by atoms with van der Waals surface area (Å²) in [5.41, 5.74) is 2.11. The average Bonchev–Trinajstić information content (AvgIpc) is 2.85. The van der Waals surface area contributed by atoms with Gasteiger partial charge in [-0.3, -0.25) is 4.90 Å². The molecule has 7 nitrogen and oxygen atoms in total. The molecule has 2 aliphatic heterocycles. The zero-order valence-corrected chi connectivity index (χ0v) is 24.4. The molecule has 2 aromatic carbocycles. The molecule has 0 radical (unpaired) electrons. The quantitative estimate of drug-likeness (QED) is 0.311. The fourth-order valence-electron chi connectivity index (χ4n) is 3.92. The molecule has 2 atom stereocenters. The molecular weight excluding hydrogens is 642 g/mol. The van der Waals surface area contributed by atoms with Gasteiger partial charge in [0.05, 0.1) is 11.7 Å². The monoisotopic (exact) mass is 657 g/mol. The Labute approximate surface area is 253 Å². The van der Waals surface area contributed by atoms with Gasteiger partial charge >= 0.3 is 12.2 Å². The van der Waals surface area contributed by atoms with Crippen molar-refractivity contribution in [3.05, 3.63) is 83.5 Å². The van der Waals surface area contributed by atoms with Crippen LogP contribution < -0.4 is 4.90 Å². The number of anilines is 1. The molecule has 0 saturated carbocycles. The van der Waals surface area contributed by atoms with E-state index in [1.807, 2.05) is 36.4 Å². The normalized spacial score (nSPS) is 19.2. The minimum Gasteiger partial charge on any atom is -0.445 e. The van der Waals surface area contributed by atoms with E-state index in [0.29, 0.717) is 16.4 Å². The van der Waals surface area contributed by atoms with Crippen molar-refractivity contribution in [1.29, 1.82) is 0 Å². The van der Waals surface area contributed by atoms with Crippen LogP contribution >= 0.6 is 81.2 Å². The minimum absolute atomic E-state index is 0.496. The molecule has 0 aromatic heterocycles. The molecular formula is C24H18Cl7N3O4. The summed E-state index contributed by atoms with van der Waals surface area (Å²) in [6.07, 6.45) is 2.08. The number of alkyl halides is 6. The number of carbonyl (C=O) groups is 2. The molecule has 0 saturated heterocycles. The molecule has 2 bridgehead atoms. The number of amides is 2. The molecule has 4 rings (SSSR count). The summed E-state index contributed by atoms with van der Waals surface area (Å²) in [4.78, 5) is 30.9. The average molecular weight is 661 g/mol. The Kier molecular flexibility index (Phi) is 9.09. The van der Waals surface area contributed by atoms with Crippen molar-refractivity contribution in [3.63, 3.8) is 0 Å². The van der Waals surface area contributed by atoms with Gasteiger partial charge in [0.15, 0.2) is 6.29 Å². The van der Waals surface area contributed by atoms with Crippen molar-refractivity contribution >= 4 is 105 Å². The fraction of sp³-hybridized carbons (Fsp3) is 0.250. The number of ether oxygens (including phenoxy) is 2. The predicted octanol–water partition coefficient (Wildman–Crippen LogP) is 8.00. The number of hydrogen-bond acceptors (Lipinski definition) is 5. The lowest BCUT2D eigenvalue weighted by Crippen LogP contribution is -2.66. The maximum atomic E-state index is 13.4. The second-order valence-corrected chi connectivity index (χ2v) is 13.6. The highest BCUT2D eigenvalue weighted by Gasteiger charge is 2.48. The summed E-state index contributed by atoms with van der Waals surface area (Å²) in [6.45, 7) is -1.05. The third kappa shape index (κ3) is 7.07. The maximum Gasteiger partial charge on any atom is 0.417 e. The highest BCUT2D eigenvalue weighted by molar-refractivity contribution is 6.68. The van der Waals surface area contributed by atoms with Gasteiger partial charge in [-0.1, -0.05) is 112 Å². The minimum atomic E-state index is -1.85.